The zero-order valence-corrected chi connectivity index (χ0v) is 20.8. The summed E-state index contributed by atoms with van der Waals surface area (Å²) in [5.74, 6) is 0.0566. The zero-order valence-electron chi connectivity index (χ0n) is 20.8. The second-order valence-electron chi connectivity index (χ2n) is 10.4. The van der Waals surface area contributed by atoms with Crippen LogP contribution in [-0.4, -0.2) is 27.2 Å². The van der Waals surface area contributed by atoms with Gasteiger partial charge < -0.3 is 10.6 Å². The number of dihydropyridines is 1. The number of rotatable bonds is 6. The Balaban J connectivity index is 1.26. The summed E-state index contributed by atoms with van der Waals surface area (Å²) in [5, 5.41) is 11.0. The number of benzene rings is 1. The Hall–Kier alpha value is -4.00. The van der Waals surface area contributed by atoms with Gasteiger partial charge in [-0.15, -0.1) is 0 Å². The predicted octanol–water partition coefficient (Wildman–Crippen LogP) is 5.05. The molecule has 3 aromatic rings. The minimum atomic E-state index is -0.253. The molecular formula is C30H30FN5O. The van der Waals surface area contributed by atoms with Crippen molar-refractivity contribution in [3.05, 3.63) is 107 Å². The fraction of sp³-hybridized carbons (Fsp3) is 0.300. The summed E-state index contributed by atoms with van der Waals surface area (Å²) in [6.07, 6.45) is 15.3. The molecule has 188 valence electrons. The van der Waals surface area contributed by atoms with Gasteiger partial charge in [0.25, 0.3) is 5.91 Å². The largest absolute Gasteiger partial charge is 0.387 e. The predicted molar refractivity (Wildman–Crippen MR) is 141 cm³/mol. The zero-order chi connectivity index (χ0) is 25.4. The van der Waals surface area contributed by atoms with Crippen LogP contribution >= 0.6 is 0 Å². The number of aromatic nitrogens is 3. The highest BCUT2D eigenvalue weighted by Gasteiger charge is 2.46. The van der Waals surface area contributed by atoms with Gasteiger partial charge in [0.1, 0.15) is 5.82 Å². The molecule has 3 aliphatic rings. The summed E-state index contributed by atoms with van der Waals surface area (Å²) >= 11 is 0. The van der Waals surface area contributed by atoms with E-state index in [4.69, 9.17) is 0 Å². The number of hydrogen-bond acceptors (Lipinski definition) is 4. The van der Waals surface area contributed by atoms with Crippen LogP contribution in [0.3, 0.4) is 0 Å². The first kappa shape index (κ1) is 23.4. The molecule has 1 saturated carbocycles. The van der Waals surface area contributed by atoms with Crippen LogP contribution in [0, 0.1) is 17.2 Å². The third-order valence-electron chi connectivity index (χ3n) is 8.18. The average Bonchev–Trinajstić information content (AvgIpc) is 3.47. The summed E-state index contributed by atoms with van der Waals surface area (Å²) in [6.45, 7) is 3.00. The molecule has 2 aliphatic carbocycles. The highest BCUT2D eigenvalue weighted by molar-refractivity contribution is 5.96. The van der Waals surface area contributed by atoms with E-state index >= 15 is 0 Å². The van der Waals surface area contributed by atoms with Crippen LogP contribution in [0.25, 0.3) is 11.8 Å². The molecule has 2 N–H and O–H groups in total. The van der Waals surface area contributed by atoms with Gasteiger partial charge in [0.15, 0.2) is 0 Å². The average molecular weight is 496 g/mol. The van der Waals surface area contributed by atoms with Crippen molar-refractivity contribution in [3.63, 3.8) is 0 Å². The van der Waals surface area contributed by atoms with Crippen LogP contribution < -0.4 is 10.6 Å². The summed E-state index contributed by atoms with van der Waals surface area (Å²) in [5.41, 5.74) is 6.10. The van der Waals surface area contributed by atoms with E-state index in [1.54, 1.807) is 18.3 Å². The standard InChI is InChI=1S/C30H30FN5O/c1-30-18-21-19-34-36(25-9-7-24(31)8-10-25)28(21)17-23(30)6-5-22(30)16-27(26-4-2-3-13-33-26)35-29(37)20-11-14-32-15-12-20/h2-4,7-14,17,19,22,27,32H,5-6,15-16,18H2,1H3,(H,35,37)/t22-,27?,30-/m1/s1. The maximum atomic E-state index is 13.5. The van der Waals surface area contributed by atoms with Gasteiger partial charge in [0.05, 0.1) is 29.3 Å². The third kappa shape index (κ3) is 4.39. The van der Waals surface area contributed by atoms with Crippen molar-refractivity contribution >= 4 is 12.0 Å². The molecule has 7 heteroatoms. The molecule has 6 nitrogen and oxygen atoms in total. The van der Waals surface area contributed by atoms with Crippen molar-refractivity contribution in [2.45, 2.75) is 38.6 Å². The number of nitrogens with zero attached hydrogens (tertiary/aromatic N) is 3. The molecule has 6 rings (SSSR count). The lowest BCUT2D eigenvalue weighted by Gasteiger charge is -2.37. The van der Waals surface area contributed by atoms with Gasteiger partial charge in [-0.25, -0.2) is 9.07 Å². The summed E-state index contributed by atoms with van der Waals surface area (Å²) in [6, 6.07) is 12.2. The van der Waals surface area contributed by atoms with E-state index in [2.05, 4.69) is 33.7 Å². The lowest BCUT2D eigenvalue weighted by atomic mass is 9.68. The maximum absolute atomic E-state index is 13.5. The Morgan fingerprint density at radius 1 is 1.27 bits per heavy atom. The van der Waals surface area contributed by atoms with E-state index in [-0.39, 0.29) is 23.2 Å². The van der Waals surface area contributed by atoms with Crippen LogP contribution in [0.15, 0.2) is 84.4 Å². The maximum Gasteiger partial charge on any atom is 0.251 e. The Labute approximate surface area is 216 Å². The second kappa shape index (κ2) is 9.47. The van der Waals surface area contributed by atoms with Crippen molar-refractivity contribution < 1.29 is 9.18 Å². The molecule has 0 radical (unpaired) electrons. The second-order valence-corrected chi connectivity index (χ2v) is 10.4. The van der Waals surface area contributed by atoms with Crippen LogP contribution in [0.5, 0.6) is 0 Å². The number of halogens is 1. The first-order chi connectivity index (χ1) is 18.0. The number of nitrogens with one attached hydrogen (secondary N) is 2. The van der Waals surface area contributed by atoms with E-state index in [1.165, 1.54) is 23.3 Å². The minimum absolute atomic E-state index is 0.0185. The molecule has 0 saturated heterocycles. The van der Waals surface area contributed by atoms with Crippen LogP contribution in [0.1, 0.15) is 49.2 Å². The number of pyridine rings is 1. The molecule has 0 bridgehead atoms. The minimum Gasteiger partial charge on any atom is -0.387 e. The van der Waals surface area contributed by atoms with E-state index in [1.807, 2.05) is 47.4 Å². The number of fused-ring (bicyclic) bond motifs is 2. The Morgan fingerprint density at radius 3 is 2.89 bits per heavy atom. The van der Waals surface area contributed by atoms with Crippen LogP contribution in [-0.2, 0) is 11.2 Å². The molecule has 1 fully saturated rings. The van der Waals surface area contributed by atoms with E-state index in [9.17, 15) is 9.18 Å². The SMILES string of the molecule is C[C@]12Cc3cnn(-c4ccc(F)cc4)c3C=C1CC[C@@H]2CC(NC(=O)C1=CCNC=C1)c1ccccn1. The molecule has 37 heavy (non-hydrogen) atoms. The molecule has 3 heterocycles. The summed E-state index contributed by atoms with van der Waals surface area (Å²) in [4.78, 5) is 17.7. The van der Waals surface area contributed by atoms with E-state index in [0.29, 0.717) is 18.0 Å². The van der Waals surface area contributed by atoms with Gasteiger partial charge in [-0.3, -0.25) is 9.78 Å². The van der Waals surface area contributed by atoms with Crippen LogP contribution in [0.2, 0.25) is 0 Å². The Kier molecular flexibility index (Phi) is 5.99. The first-order valence-corrected chi connectivity index (χ1v) is 12.9. The number of amides is 1. The number of carbonyl (C=O) groups excluding carboxylic acids is 1. The summed E-state index contributed by atoms with van der Waals surface area (Å²) < 4.78 is 15.4. The van der Waals surface area contributed by atoms with Gasteiger partial charge in [-0.05, 0) is 97.3 Å². The molecular weight excluding hydrogens is 465 g/mol. The quantitative estimate of drug-likeness (QED) is 0.502. The highest BCUT2D eigenvalue weighted by Crippen LogP contribution is 2.55. The van der Waals surface area contributed by atoms with Gasteiger partial charge in [-0.1, -0.05) is 24.6 Å². The number of carbonyl (C=O) groups is 1. The van der Waals surface area contributed by atoms with Crippen molar-refractivity contribution in [1.29, 1.82) is 0 Å². The van der Waals surface area contributed by atoms with Crippen molar-refractivity contribution in [2.24, 2.45) is 11.3 Å². The van der Waals surface area contributed by atoms with Gasteiger partial charge in [0.2, 0.25) is 0 Å². The van der Waals surface area contributed by atoms with E-state index < -0.39 is 0 Å². The Morgan fingerprint density at radius 2 is 2.14 bits per heavy atom. The van der Waals surface area contributed by atoms with Crippen molar-refractivity contribution in [1.82, 2.24) is 25.4 Å². The Bertz CT molecular complexity index is 1410. The van der Waals surface area contributed by atoms with Crippen molar-refractivity contribution in [3.8, 4) is 5.69 Å². The fourth-order valence-electron chi connectivity index (χ4n) is 6.08. The van der Waals surface area contributed by atoms with Crippen molar-refractivity contribution in [2.75, 3.05) is 6.54 Å². The number of hydrogen-bond donors (Lipinski definition) is 2. The lowest BCUT2D eigenvalue weighted by Crippen LogP contribution is -2.36. The first-order valence-electron chi connectivity index (χ1n) is 12.9. The smallest absolute Gasteiger partial charge is 0.251 e. The normalized spacial score (nSPS) is 22.8. The highest BCUT2D eigenvalue weighted by atomic mass is 19.1. The number of allylic oxidation sites excluding steroid dienone is 1. The molecule has 0 spiro atoms. The molecule has 1 aromatic carbocycles. The van der Waals surface area contributed by atoms with Gasteiger partial charge in [-0.2, -0.15) is 5.10 Å². The molecule has 1 amide bonds. The summed E-state index contributed by atoms with van der Waals surface area (Å²) in [7, 11) is 0. The van der Waals surface area contributed by atoms with Crippen LogP contribution in [0.4, 0.5) is 4.39 Å². The third-order valence-corrected chi connectivity index (χ3v) is 8.18. The molecule has 2 aromatic heterocycles. The monoisotopic (exact) mass is 495 g/mol. The molecule has 3 atom stereocenters. The molecule has 1 unspecified atom stereocenters. The fourth-order valence-corrected chi connectivity index (χ4v) is 6.08. The van der Waals surface area contributed by atoms with Gasteiger partial charge in [0, 0.05) is 18.3 Å². The molecule has 1 aliphatic heterocycles. The van der Waals surface area contributed by atoms with Gasteiger partial charge >= 0.3 is 0 Å². The van der Waals surface area contributed by atoms with E-state index in [0.717, 1.165) is 42.8 Å². The lowest BCUT2D eigenvalue weighted by molar-refractivity contribution is -0.118. The topological polar surface area (TPSA) is 71.8 Å².